The molecule has 0 spiro atoms. The zero-order valence-corrected chi connectivity index (χ0v) is 17.6. The molecule has 4 rings (SSSR count). The Morgan fingerprint density at radius 1 is 1.21 bits per heavy atom. The first-order valence-corrected chi connectivity index (χ1v) is 9.65. The summed E-state index contributed by atoms with van der Waals surface area (Å²) in [5.74, 6) is 0.297. The number of aromatic amines is 1. The highest BCUT2D eigenvalue weighted by Gasteiger charge is 2.46. The van der Waals surface area contributed by atoms with Gasteiger partial charge in [0, 0.05) is 28.4 Å². The van der Waals surface area contributed by atoms with Gasteiger partial charge in [-0.05, 0) is 40.2 Å². The summed E-state index contributed by atoms with van der Waals surface area (Å²) in [5, 5.41) is 7.44. The van der Waals surface area contributed by atoms with Crippen molar-refractivity contribution in [3.63, 3.8) is 0 Å². The Balaban J connectivity index is 1.98. The smallest absolute Gasteiger partial charge is 0.280 e. The van der Waals surface area contributed by atoms with Crippen LogP contribution in [0.2, 0.25) is 0 Å². The van der Waals surface area contributed by atoms with Crippen LogP contribution in [0.4, 0.5) is 5.69 Å². The fourth-order valence-corrected chi connectivity index (χ4v) is 3.80. The Morgan fingerprint density at radius 2 is 2.00 bits per heavy atom. The van der Waals surface area contributed by atoms with Gasteiger partial charge < -0.3 is 4.74 Å². The van der Waals surface area contributed by atoms with E-state index in [9.17, 15) is 4.79 Å². The summed E-state index contributed by atoms with van der Waals surface area (Å²) in [4.78, 5) is 23.7. The van der Waals surface area contributed by atoms with Crippen molar-refractivity contribution in [2.75, 3.05) is 12.0 Å². The molecule has 0 bridgehead atoms. The van der Waals surface area contributed by atoms with Crippen molar-refractivity contribution in [2.24, 2.45) is 0 Å². The average molecular weight is 442 g/mol. The number of nitrogens with one attached hydrogen (secondary N) is 1. The quantitative estimate of drug-likeness (QED) is 0.620. The number of amides is 1. The highest BCUT2D eigenvalue weighted by Crippen LogP contribution is 2.46. The van der Waals surface area contributed by atoms with Crippen LogP contribution >= 0.6 is 15.9 Å². The number of ether oxygens (including phenoxy) is 1. The Kier molecular flexibility index (Phi) is 4.45. The summed E-state index contributed by atoms with van der Waals surface area (Å²) in [6.07, 6.45) is 3.34. The molecule has 0 radical (unpaired) electrons. The summed E-state index contributed by atoms with van der Waals surface area (Å²) >= 11 is 3.35. The first kappa shape index (κ1) is 18.6. The van der Waals surface area contributed by atoms with Crippen LogP contribution in [0, 0.1) is 0 Å². The summed E-state index contributed by atoms with van der Waals surface area (Å²) < 4.78 is 6.21. The van der Waals surface area contributed by atoms with Gasteiger partial charge in [-0.15, -0.1) is 0 Å². The van der Waals surface area contributed by atoms with Crippen LogP contribution in [-0.2, 0) is 5.41 Å². The van der Waals surface area contributed by atoms with Crippen LogP contribution in [0.3, 0.4) is 0 Å². The monoisotopic (exact) mass is 441 g/mol. The molecule has 8 heteroatoms. The number of rotatable bonds is 3. The van der Waals surface area contributed by atoms with E-state index in [-0.39, 0.29) is 11.3 Å². The Hall–Kier alpha value is -2.74. The predicted octanol–water partition coefficient (Wildman–Crippen LogP) is 4.02. The van der Waals surface area contributed by atoms with Crippen LogP contribution in [0.5, 0.6) is 5.88 Å². The molecule has 0 fully saturated rings. The maximum atomic E-state index is 13.3. The number of nitrogens with zero attached hydrogens (tertiary/aromatic N) is 4. The summed E-state index contributed by atoms with van der Waals surface area (Å²) in [6, 6.07) is 7.03. The van der Waals surface area contributed by atoms with E-state index in [4.69, 9.17) is 4.74 Å². The lowest BCUT2D eigenvalue weighted by molar-refractivity contribution is 0.0988. The third-order valence-electron chi connectivity index (χ3n) is 4.79. The molecule has 3 aromatic heterocycles. The number of carbonyl (C=O) groups excluding carboxylic acids is 1. The third kappa shape index (κ3) is 2.88. The molecule has 0 unspecified atom stereocenters. The van der Waals surface area contributed by atoms with Crippen LogP contribution in [0.25, 0.3) is 0 Å². The van der Waals surface area contributed by atoms with Crippen LogP contribution in [0.1, 0.15) is 54.1 Å². The number of hydrogen-bond acceptors (Lipinski definition) is 5. The molecule has 1 N–H and O–H groups in total. The molecule has 4 heterocycles. The highest BCUT2D eigenvalue weighted by molar-refractivity contribution is 9.10. The molecule has 0 aromatic carbocycles. The number of H-pyrrole nitrogens is 1. The van der Waals surface area contributed by atoms with Gasteiger partial charge in [-0.3, -0.25) is 14.8 Å². The number of methoxy groups -OCH3 is 1. The molecule has 0 aliphatic carbocycles. The van der Waals surface area contributed by atoms with E-state index >= 15 is 0 Å². The van der Waals surface area contributed by atoms with E-state index < -0.39 is 6.04 Å². The number of anilines is 1. The summed E-state index contributed by atoms with van der Waals surface area (Å²) in [6.45, 7) is 6.27. The summed E-state index contributed by atoms with van der Waals surface area (Å²) in [5.41, 5.74) is 3.45. The second-order valence-corrected chi connectivity index (χ2v) is 8.44. The largest absolute Gasteiger partial charge is 0.481 e. The number of aromatic nitrogens is 4. The van der Waals surface area contributed by atoms with Gasteiger partial charge in [0.1, 0.15) is 4.60 Å². The fraction of sp³-hybridized carbons (Fsp3) is 0.300. The van der Waals surface area contributed by atoms with Gasteiger partial charge in [-0.2, -0.15) is 5.10 Å². The number of fused-ring (bicyclic) bond motifs is 1. The SMILES string of the molecule is COc1ncccc1[C@@H]1c2c(n[nH]c2C(C)(C)C)C(=O)N1c1ccc(Br)nc1. The molecule has 7 nitrogen and oxygen atoms in total. The molecule has 0 saturated heterocycles. The molecule has 28 heavy (non-hydrogen) atoms. The van der Waals surface area contributed by atoms with Gasteiger partial charge in [-0.1, -0.05) is 20.8 Å². The Morgan fingerprint density at radius 3 is 2.64 bits per heavy atom. The topological polar surface area (TPSA) is 84.0 Å². The lowest BCUT2D eigenvalue weighted by atomic mass is 9.86. The minimum absolute atomic E-state index is 0.179. The molecule has 1 amide bonds. The minimum atomic E-state index is -0.415. The van der Waals surface area contributed by atoms with Gasteiger partial charge >= 0.3 is 0 Å². The molecule has 0 saturated carbocycles. The standard InChI is InChI=1S/C20H20BrN5O2/c1-20(2,3)17-14-15(24-25-17)19(27)26(11-7-8-13(21)23-10-11)16(14)12-6-5-9-22-18(12)28-4/h5-10,16H,1-4H3,(H,24,25)/t16-/m1/s1. The zero-order valence-electron chi connectivity index (χ0n) is 16.0. The lowest BCUT2D eigenvalue weighted by Crippen LogP contribution is -2.30. The van der Waals surface area contributed by atoms with Crippen LogP contribution in [-0.4, -0.2) is 33.2 Å². The van der Waals surface area contributed by atoms with Crippen LogP contribution in [0.15, 0.2) is 41.3 Å². The van der Waals surface area contributed by atoms with E-state index in [0.29, 0.717) is 21.9 Å². The second-order valence-electron chi connectivity index (χ2n) is 7.63. The average Bonchev–Trinajstić information content (AvgIpc) is 3.22. The lowest BCUT2D eigenvalue weighted by Gasteiger charge is -2.28. The molecular formula is C20H20BrN5O2. The predicted molar refractivity (Wildman–Crippen MR) is 109 cm³/mol. The van der Waals surface area contributed by atoms with Crippen molar-refractivity contribution in [1.29, 1.82) is 0 Å². The molecule has 144 valence electrons. The number of halogens is 1. The first-order chi connectivity index (χ1) is 13.3. The van der Waals surface area contributed by atoms with E-state index in [0.717, 1.165) is 16.8 Å². The van der Waals surface area contributed by atoms with E-state index in [1.807, 2.05) is 24.3 Å². The van der Waals surface area contributed by atoms with E-state index in [1.165, 1.54) is 0 Å². The third-order valence-corrected chi connectivity index (χ3v) is 5.25. The molecule has 1 aliphatic rings. The molecule has 1 aliphatic heterocycles. The number of carbonyl (C=O) groups is 1. The van der Waals surface area contributed by atoms with Gasteiger partial charge in [0.15, 0.2) is 5.69 Å². The van der Waals surface area contributed by atoms with Crippen molar-refractivity contribution in [1.82, 2.24) is 20.2 Å². The van der Waals surface area contributed by atoms with Gasteiger partial charge in [0.25, 0.3) is 5.91 Å². The van der Waals surface area contributed by atoms with Crippen LogP contribution < -0.4 is 9.64 Å². The Labute approximate surface area is 171 Å². The Bertz CT molecular complexity index is 1040. The minimum Gasteiger partial charge on any atom is -0.481 e. The van der Waals surface area contributed by atoms with Gasteiger partial charge in [-0.25, -0.2) is 9.97 Å². The van der Waals surface area contributed by atoms with Crippen molar-refractivity contribution >= 4 is 27.5 Å². The van der Waals surface area contributed by atoms with E-state index in [2.05, 4.69) is 56.9 Å². The molecule has 1 atom stereocenters. The van der Waals surface area contributed by atoms with Crippen molar-refractivity contribution < 1.29 is 9.53 Å². The molecular weight excluding hydrogens is 422 g/mol. The second kappa shape index (κ2) is 6.70. The summed E-state index contributed by atoms with van der Waals surface area (Å²) in [7, 11) is 1.58. The van der Waals surface area contributed by atoms with Crippen molar-refractivity contribution in [2.45, 2.75) is 32.2 Å². The maximum absolute atomic E-state index is 13.3. The number of hydrogen-bond donors (Lipinski definition) is 1. The molecule has 3 aromatic rings. The normalized spacial score (nSPS) is 16.4. The van der Waals surface area contributed by atoms with Gasteiger partial charge in [0.05, 0.1) is 25.0 Å². The van der Waals surface area contributed by atoms with Gasteiger partial charge in [0.2, 0.25) is 5.88 Å². The van der Waals surface area contributed by atoms with Crippen molar-refractivity contribution in [3.05, 3.63) is 63.8 Å². The van der Waals surface area contributed by atoms with E-state index in [1.54, 1.807) is 24.4 Å². The number of pyridine rings is 2. The first-order valence-electron chi connectivity index (χ1n) is 8.85. The highest BCUT2D eigenvalue weighted by atomic mass is 79.9. The van der Waals surface area contributed by atoms with Crippen molar-refractivity contribution in [3.8, 4) is 5.88 Å². The fourth-order valence-electron chi connectivity index (χ4n) is 3.57. The zero-order chi connectivity index (χ0) is 20.1. The maximum Gasteiger partial charge on any atom is 0.280 e.